The highest BCUT2D eigenvalue weighted by molar-refractivity contribution is 5.98. The molecule has 1 aromatic carbocycles. The van der Waals surface area contributed by atoms with E-state index in [1.165, 1.54) is 6.07 Å². The van der Waals surface area contributed by atoms with Crippen LogP contribution in [0, 0.1) is 0 Å². The fraction of sp³-hybridized carbons (Fsp3) is 0.409. The second-order valence-corrected chi connectivity index (χ2v) is 7.60. The molecule has 0 aliphatic carbocycles. The van der Waals surface area contributed by atoms with Gasteiger partial charge >= 0.3 is 5.63 Å². The zero-order chi connectivity index (χ0) is 19.8. The van der Waals surface area contributed by atoms with E-state index in [4.69, 9.17) is 18.6 Å². The third kappa shape index (κ3) is 3.78. The van der Waals surface area contributed by atoms with E-state index in [1.54, 1.807) is 13.2 Å². The largest absolute Gasteiger partial charge is 0.495 e. The minimum absolute atomic E-state index is 0.422. The molecule has 5 heteroatoms. The zero-order valence-corrected chi connectivity index (χ0v) is 16.7. The Kier molecular flexibility index (Phi) is 4.91. The van der Waals surface area contributed by atoms with E-state index in [1.807, 2.05) is 58.9 Å². The van der Waals surface area contributed by atoms with Crippen molar-refractivity contribution in [3.63, 3.8) is 0 Å². The lowest BCUT2D eigenvalue weighted by atomic mass is 9.95. The van der Waals surface area contributed by atoms with Crippen LogP contribution in [0.2, 0.25) is 0 Å². The minimum Gasteiger partial charge on any atom is -0.495 e. The Morgan fingerprint density at radius 2 is 2.00 bits per heavy atom. The molecule has 0 spiro atoms. The molecule has 0 amide bonds. The average Bonchev–Trinajstić information content (AvgIpc) is 2.58. The van der Waals surface area contributed by atoms with Gasteiger partial charge < -0.3 is 18.6 Å². The lowest BCUT2D eigenvalue weighted by Gasteiger charge is -2.30. The summed E-state index contributed by atoms with van der Waals surface area (Å²) in [6.45, 7) is 10.4. The van der Waals surface area contributed by atoms with Crippen molar-refractivity contribution in [2.75, 3.05) is 13.7 Å². The Morgan fingerprint density at radius 1 is 1.26 bits per heavy atom. The number of methoxy groups -OCH3 is 1. The number of fused-ring (bicyclic) bond motifs is 3. The van der Waals surface area contributed by atoms with Crippen LogP contribution in [0.3, 0.4) is 0 Å². The molecule has 5 nitrogen and oxygen atoms in total. The van der Waals surface area contributed by atoms with Gasteiger partial charge in [-0.2, -0.15) is 0 Å². The third-order valence-corrected chi connectivity index (χ3v) is 4.44. The molecule has 0 radical (unpaired) electrons. The summed E-state index contributed by atoms with van der Waals surface area (Å²) in [5, 5.41) is 0.733. The first kappa shape index (κ1) is 19.2. The first-order valence-corrected chi connectivity index (χ1v) is 9.06. The lowest BCUT2D eigenvalue weighted by molar-refractivity contribution is 0.0291. The Morgan fingerprint density at radius 3 is 2.67 bits per heavy atom. The second kappa shape index (κ2) is 6.89. The molecular weight excluding hydrogens is 344 g/mol. The van der Waals surface area contributed by atoms with Gasteiger partial charge in [-0.05, 0) is 58.9 Å². The van der Waals surface area contributed by atoms with Crippen LogP contribution >= 0.6 is 0 Å². The molecule has 0 saturated carbocycles. The van der Waals surface area contributed by atoms with Crippen LogP contribution in [0.15, 0.2) is 33.5 Å². The summed E-state index contributed by atoms with van der Waals surface area (Å²) in [7, 11) is 1.60. The van der Waals surface area contributed by atoms with Crippen molar-refractivity contribution in [2.45, 2.75) is 45.8 Å². The van der Waals surface area contributed by atoms with Crippen molar-refractivity contribution in [2.24, 2.45) is 0 Å². The van der Waals surface area contributed by atoms with Crippen molar-refractivity contribution in [3.8, 4) is 11.5 Å². The maximum atomic E-state index is 11.9. The van der Waals surface area contributed by atoms with Crippen molar-refractivity contribution in [1.29, 1.82) is 0 Å². The number of hydrogen-bond donors (Lipinski definition) is 0. The Bertz CT molecular complexity index is 976. The van der Waals surface area contributed by atoms with Gasteiger partial charge in [0.2, 0.25) is 0 Å². The maximum Gasteiger partial charge on any atom is 0.336 e. The summed E-state index contributed by atoms with van der Waals surface area (Å²) in [5.74, 6) is 1.25. The fourth-order valence-electron chi connectivity index (χ4n) is 3.21. The SMILES string of the molecule is CCOC(C)(C)/C=C/c1c(OC)c2c(c3ccc(=O)oc13)OC(C)(C)C=C2. The standard InChI is InChI=1S/C22H26O5/c1-7-25-21(2,3)12-10-15-18(24-6)16-11-13-22(4,5)27-20(16)14-8-9-17(23)26-19(14)15/h8-13H,7H2,1-6H3/b12-10+. The smallest absolute Gasteiger partial charge is 0.336 e. The second-order valence-electron chi connectivity index (χ2n) is 7.60. The first-order valence-electron chi connectivity index (χ1n) is 9.06. The van der Waals surface area contributed by atoms with E-state index in [9.17, 15) is 4.79 Å². The van der Waals surface area contributed by atoms with Crippen LogP contribution in [-0.4, -0.2) is 24.9 Å². The molecule has 2 heterocycles. The summed E-state index contributed by atoms with van der Waals surface area (Å²) in [4.78, 5) is 11.9. The number of rotatable bonds is 5. The topological polar surface area (TPSA) is 57.9 Å². The van der Waals surface area contributed by atoms with Crippen LogP contribution < -0.4 is 15.1 Å². The quantitative estimate of drug-likeness (QED) is 0.707. The molecule has 0 bridgehead atoms. The Hall–Kier alpha value is -2.53. The molecule has 144 valence electrons. The van der Waals surface area contributed by atoms with Gasteiger partial charge in [-0.1, -0.05) is 6.08 Å². The van der Waals surface area contributed by atoms with E-state index in [2.05, 4.69) is 0 Å². The number of benzene rings is 1. The molecule has 1 aliphatic rings. The van der Waals surface area contributed by atoms with Gasteiger partial charge in [0.05, 0.1) is 29.2 Å². The predicted molar refractivity (Wildman–Crippen MR) is 108 cm³/mol. The van der Waals surface area contributed by atoms with Crippen LogP contribution in [0.5, 0.6) is 11.5 Å². The van der Waals surface area contributed by atoms with Crippen LogP contribution in [0.25, 0.3) is 23.1 Å². The lowest BCUT2D eigenvalue weighted by Crippen LogP contribution is -2.28. The molecule has 0 unspecified atom stereocenters. The zero-order valence-electron chi connectivity index (χ0n) is 16.7. The summed E-state index contributed by atoms with van der Waals surface area (Å²) in [5.41, 5.74) is 0.596. The van der Waals surface area contributed by atoms with E-state index >= 15 is 0 Å². The van der Waals surface area contributed by atoms with Crippen molar-refractivity contribution in [3.05, 3.63) is 45.8 Å². The van der Waals surface area contributed by atoms with Gasteiger partial charge in [-0.15, -0.1) is 0 Å². The van der Waals surface area contributed by atoms with Gasteiger partial charge in [0.1, 0.15) is 17.1 Å². The minimum atomic E-state index is -0.467. The normalized spacial score (nSPS) is 15.8. The highest BCUT2D eigenvalue weighted by atomic mass is 16.5. The fourth-order valence-corrected chi connectivity index (χ4v) is 3.21. The van der Waals surface area contributed by atoms with E-state index in [-0.39, 0.29) is 0 Å². The van der Waals surface area contributed by atoms with Crippen LogP contribution in [-0.2, 0) is 4.74 Å². The molecular formula is C22H26O5. The highest BCUT2D eigenvalue weighted by Crippen LogP contribution is 2.45. The predicted octanol–water partition coefficient (Wildman–Crippen LogP) is 4.81. The molecule has 0 fully saturated rings. The van der Waals surface area contributed by atoms with E-state index < -0.39 is 16.8 Å². The molecule has 0 saturated heterocycles. The summed E-state index contributed by atoms with van der Waals surface area (Å²) < 4.78 is 23.2. The van der Waals surface area contributed by atoms with Crippen LogP contribution in [0.4, 0.5) is 0 Å². The van der Waals surface area contributed by atoms with Gasteiger partial charge in [0, 0.05) is 12.7 Å². The summed E-state index contributed by atoms with van der Waals surface area (Å²) in [6.07, 6.45) is 7.80. The van der Waals surface area contributed by atoms with E-state index in [0.29, 0.717) is 29.3 Å². The maximum absolute atomic E-state index is 11.9. The first-order chi connectivity index (χ1) is 12.7. The van der Waals surface area contributed by atoms with Gasteiger partial charge in [0.15, 0.2) is 5.58 Å². The summed E-state index contributed by atoms with van der Waals surface area (Å²) >= 11 is 0. The van der Waals surface area contributed by atoms with Gasteiger partial charge in [0.25, 0.3) is 0 Å². The van der Waals surface area contributed by atoms with Crippen molar-refractivity contribution in [1.82, 2.24) is 0 Å². The Balaban J connectivity index is 2.32. The molecule has 1 aromatic heterocycles. The van der Waals surface area contributed by atoms with Crippen molar-refractivity contribution < 1.29 is 18.6 Å². The number of ether oxygens (including phenoxy) is 3. The van der Waals surface area contributed by atoms with Gasteiger partial charge in [-0.3, -0.25) is 0 Å². The van der Waals surface area contributed by atoms with Crippen LogP contribution in [0.1, 0.15) is 45.7 Å². The summed E-state index contributed by atoms with van der Waals surface area (Å²) in [6, 6.07) is 3.14. The Labute approximate surface area is 159 Å². The van der Waals surface area contributed by atoms with E-state index in [0.717, 1.165) is 10.9 Å². The molecule has 27 heavy (non-hydrogen) atoms. The molecule has 1 aliphatic heterocycles. The third-order valence-electron chi connectivity index (χ3n) is 4.44. The van der Waals surface area contributed by atoms with Crippen molar-refractivity contribution >= 4 is 23.1 Å². The molecule has 0 N–H and O–H groups in total. The molecule has 2 aromatic rings. The highest BCUT2D eigenvalue weighted by Gasteiger charge is 2.29. The molecule has 0 atom stereocenters. The average molecular weight is 370 g/mol. The number of hydrogen-bond acceptors (Lipinski definition) is 5. The monoisotopic (exact) mass is 370 g/mol. The van der Waals surface area contributed by atoms with Gasteiger partial charge in [-0.25, -0.2) is 4.79 Å². The molecule has 3 rings (SSSR count).